The summed E-state index contributed by atoms with van der Waals surface area (Å²) < 4.78 is 4.65. The van der Waals surface area contributed by atoms with Crippen molar-refractivity contribution < 1.29 is 0 Å². The SMILES string of the molecule is C[CH2][Sn]([CH2]C)([CH2]C)[S]C[C@@H]1CCCN2CCCC[C@H]12. The molecule has 0 amide bonds. The molecule has 0 saturated carbocycles. The van der Waals surface area contributed by atoms with Gasteiger partial charge in [0.25, 0.3) is 0 Å². The molecular weight excluding hydrogens is 357 g/mol. The van der Waals surface area contributed by atoms with E-state index in [1.165, 1.54) is 50.9 Å². The van der Waals surface area contributed by atoms with Crippen molar-refractivity contribution in [1.82, 2.24) is 4.90 Å². The van der Waals surface area contributed by atoms with Crippen LogP contribution in [0.2, 0.25) is 13.3 Å². The average Bonchev–Trinajstić information content (AvgIpc) is 2.49. The normalized spacial score (nSPS) is 29.2. The maximum absolute atomic E-state index is 2.83. The molecule has 2 aliphatic heterocycles. The van der Waals surface area contributed by atoms with Crippen LogP contribution in [-0.4, -0.2) is 46.8 Å². The molecule has 0 aromatic heterocycles. The van der Waals surface area contributed by atoms with Gasteiger partial charge in [-0.2, -0.15) is 0 Å². The minimum absolute atomic E-state index is 0.963. The Bertz CT molecular complexity index is 257. The van der Waals surface area contributed by atoms with Gasteiger partial charge in [-0.1, -0.05) is 0 Å². The second kappa shape index (κ2) is 7.93. The van der Waals surface area contributed by atoms with Crippen LogP contribution in [0.25, 0.3) is 0 Å². The van der Waals surface area contributed by atoms with Crippen LogP contribution < -0.4 is 0 Å². The summed E-state index contributed by atoms with van der Waals surface area (Å²) in [7, 11) is 2.51. The van der Waals surface area contributed by atoms with Gasteiger partial charge in [-0.25, -0.2) is 0 Å². The van der Waals surface area contributed by atoms with Crippen LogP contribution in [0, 0.1) is 5.92 Å². The molecule has 2 saturated heterocycles. The first-order valence-corrected chi connectivity index (χ1v) is 19.2. The number of rotatable bonds is 6. The molecule has 0 radical (unpaired) electrons. The van der Waals surface area contributed by atoms with Gasteiger partial charge in [0.1, 0.15) is 0 Å². The van der Waals surface area contributed by atoms with E-state index in [9.17, 15) is 0 Å². The summed E-state index contributed by atoms with van der Waals surface area (Å²) in [4.78, 5) is 2.83. The van der Waals surface area contributed by atoms with Gasteiger partial charge >= 0.3 is 128 Å². The molecule has 3 heteroatoms. The number of hydrogen-bond donors (Lipinski definition) is 0. The number of piperidine rings is 2. The standard InChI is InChI=1S/C10H19NS.3C2H5.Sn/c12-8-9-4-3-7-11-6-2-1-5-10(9)11;3*1-2;/h9-10,12H,1-8H2;3*1H2,2H3;/q;;;;+1/p-1/t9-,10+;;;;/m0..../s1. The van der Waals surface area contributed by atoms with Gasteiger partial charge in [0.15, 0.2) is 0 Å². The third kappa shape index (κ3) is 4.06. The van der Waals surface area contributed by atoms with Gasteiger partial charge in [0.2, 0.25) is 0 Å². The summed E-state index contributed by atoms with van der Waals surface area (Å²) in [5.41, 5.74) is 0. The van der Waals surface area contributed by atoms with E-state index in [0.29, 0.717) is 0 Å². The molecule has 2 atom stereocenters. The van der Waals surface area contributed by atoms with Gasteiger partial charge in [0.05, 0.1) is 0 Å². The van der Waals surface area contributed by atoms with Crippen molar-refractivity contribution in [2.24, 2.45) is 5.92 Å². The van der Waals surface area contributed by atoms with Gasteiger partial charge < -0.3 is 0 Å². The summed E-state index contributed by atoms with van der Waals surface area (Å²) in [5.74, 6) is 2.53. The summed E-state index contributed by atoms with van der Waals surface area (Å²) in [6.45, 7) is 10.2. The Morgan fingerprint density at radius 1 is 0.947 bits per heavy atom. The molecule has 2 heterocycles. The summed E-state index contributed by atoms with van der Waals surface area (Å²) in [5, 5.41) is 0. The predicted octanol–water partition coefficient (Wildman–Crippen LogP) is 4.99. The first kappa shape index (κ1) is 16.5. The fraction of sp³-hybridized carbons (Fsp3) is 1.00. The molecule has 2 aliphatic rings. The molecule has 1 nitrogen and oxygen atoms in total. The number of fused-ring (bicyclic) bond motifs is 1. The Labute approximate surface area is 127 Å². The van der Waals surface area contributed by atoms with Crippen LogP contribution in [0.1, 0.15) is 52.9 Å². The Hall–Kier alpha value is 1.11. The number of nitrogens with zero attached hydrogens (tertiary/aromatic N) is 1. The fourth-order valence-corrected chi connectivity index (χ4v) is 20.1. The van der Waals surface area contributed by atoms with Crippen LogP contribution in [0.4, 0.5) is 0 Å². The molecule has 0 bridgehead atoms. The van der Waals surface area contributed by atoms with Crippen LogP contribution >= 0.6 is 8.95 Å². The molecule has 19 heavy (non-hydrogen) atoms. The zero-order valence-corrected chi connectivity index (χ0v) is 17.0. The fourth-order valence-electron chi connectivity index (χ4n) is 4.11. The van der Waals surface area contributed by atoms with Gasteiger partial charge in [-0.15, -0.1) is 0 Å². The van der Waals surface area contributed by atoms with E-state index in [1.54, 1.807) is 13.3 Å². The monoisotopic (exact) mass is 391 g/mol. The molecular formula is C16H33NSSn. The van der Waals surface area contributed by atoms with Gasteiger partial charge in [-0.3, -0.25) is 0 Å². The van der Waals surface area contributed by atoms with Crippen molar-refractivity contribution in [2.45, 2.75) is 72.2 Å². The van der Waals surface area contributed by atoms with Crippen LogP contribution in [0.3, 0.4) is 0 Å². The summed E-state index contributed by atoms with van der Waals surface area (Å²) in [6.07, 6.45) is 7.44. The predicted molar refractivity (Wildman–Crippen MR) is 91.6 cm³/mol. The van der Waals surface area contributed by atoms with E-state index >= 15 is 0 Å². The molecule has 0 aromatic rings. The van der Waals surface area contributed by atoms with E-state index in [2.05, 4.69) is 34.6 Å². The van der Waals surface area contributed by atoms with Crippen molar-refractivity contribution in [3.05, 3.63) is 0 Å². The first-order valence-electron chi connectivity index (χ1n) is 8.62. The quantitative estimate of drug-likeness (QED) is 0.588. The Balaban J connectivity index is 1.90. The van der Waals surface area contributed by atoms with E-state index in [4.69, 9.17) is 0 Å². The molecule has 0 unspecified atom stereocenters. The Morgan fingerprint density at radius 3 is 2.32 bits per heavy atom. The van der Waals surface area contributed by atoms with Gasteiger partial charge in [-0.05, 0) is 0 Å². The first-order chi connectivity index (χ1) is 9.24. The molecule has 0 aromatic carbocycles. The summed E-state index contributed by atoms with van der Waals surface area (Å²) >= 11 is -1.74. The van der Waals surface area contributed by atoms with Crippen molar-refractivity contribution >= 4 is 25.9 Å². The third-order valence-electron chi connectivity index (χ3n) is 5.77. The third-order valence-corrected chi connectivity index (χ3v) is 30.5. The molecule has 0 aliphatic carbocycles. The minimum atomic E-state index is -1.74. The maximum atomic E-state index is 2.83. The second-order valence-electron chi connectivity index (χ2n) is 6.56. The van der Waals surface area contributed by atoms with Crippen molar-refractivity contribution in [3.8, 4) is 0 Å². The Morgan fingerprint density at radius 2 is 1.63 bits per heavy atom. The molecule has 0 spiro atoms. The molecule has 2 rings (SSSR count). The molecule has 2 fully saturated rings. The van der Waals surface area contributed by atoms with Crippen LogP contribution in [0.5, 0.6) is 0 Å². The van der Waals surface area contributed by atoms with E-state index in [0.717, 1.165) is 12.0 Å². The topological polar surface area (TPSA) is 3.24 Å². The van der Waals surface area contributed by atoms with Crippen molar-refractivity contribution in [3.63, 3.8) is 0 Å². The van der Waals surface area contributed by atoms with Crippen LogP contribution in [0.15, 0.2) is 0 Å². The zero-order chi connectivity index (χ0) is 13.7. The van der Waals surface area contributed by atoms with Crippen molar-refractivity contribution in [1.29, 1.82) is 0 Å². The number of hydrogen-bond acceptors (Lipinski definition) is 2. The van der Waals surface area contributed by atoms with Crippen molar-refractivity contribution in [2.75, 3.05) is 18.8 Å². The molecule has 112 valence electrons. The van der Waals surface area contributed by atoms with Gasteiger partial charge in [0, 0.05) is 0 Å². The molecule has 0 N–H and O–H groups in total. The van der Waals surface area contributed by atoms with Crippen LogP contribution in [-0.2, 0) is 0 Å². The van der Waals surface area contributed by atoms with E-state index < -0.39 is 17.0 Å². The van der Waals surface area contributed by atoms with E-state index in [-0.39, 0.29) is 0 Å². The Kier molecular flexibility index (Phi) is 6.88. The zero-order valence-electron chi connectivity index (χ0n) is 13.3. The van der Waals surface area contributed by atoms with E-state index in [1.807, 2.05) is 0 Å². The summed E-state index contributed by atoms with van der Waals surface area (Å²) in [6, 6.07) is 0.963. The second-order valence-corrected chi connectivity index (χ2v) is 28.3. The average molecular weight is 390 g/mol.